The minimum Gasteiger partial charge on any atom is -0.375 e. The van der Waals surface area contributed by atoms with Gasteiger partial charge in [0.25, 0.3) is 0 Å². The van der Waals surface area contributed by atoms with Crippen molar-refractivity contribution in [2.75, 3.05) is 53.4 Å². The first-order chi connectivity index (χ1) is 8.77. The van der Waals surface area contributed by atoms with Crippen LogP contribution in [0.4, 0.5) is 0 Å². The quantitative estimate of drug-likeness (QED) is 0.710. The molecule has 2 fully saturated rings. The molecule has 0 radical (unpaired) electrons. The lowest BCUT2D eigenvalue weighted by molar-refractivity contribution is -0.0873. The highest BCUT2D eigenvalue weighted by atomic mass is 16.5. The summed E-state index contributed by atoms with van der Waals surface area (Å²) in [5, 5.41) is 3.54. The second kappa shape index (κ2) is 7.43. The van der Waals surface area contributed by atoms with Gasteiger partial charge in [0.05, 0.1) is 12.7 Å². The molecule has 0 bridgehead atoms. The van der Waals surface area contributed by atoms with Crippen molar-refractivity contribution in [2.24, 2.45) is 0 Å². The van der Waals surface area contributed by atoms with Gasteiger partial charge < -0.3 is 15.0 Å². The van der Waals surface area contributed by atoms with Crippen molar-refractivity contribution in [1.82, 2.24) is 15.1 Å². The minimum atomic E-state index is 0.522. The predicted octanol–water partition coefficient (Wildman–Crippen LogP) is 0.781. The third kappa shape index (κ3) is 4.19. The molecule has 18 heavy (non-hydrogen) atoms. The first-order valence-corrected chi connectivity index (χ1v) is 7.48. The molecule has 106 valence electrons. The second-order valence-corrected chi connectivity index (χ2v) is 5.85. The number of morpholine rings is 1. The van der Waals surface area contributed by atoms with Gasteiger partial charge in [0, 0.05) is 38.8 Å². The van der Waals surface area contributed by atoms with Crippen LogP contribution < -0.4 is 5.32 Å². The summed E-state index contributed by atoms with van der Waals surface area (Å²) in [6.45, 7) is 6.55. The number of fused-ring (bicyclic) bond motifs is 1. The number of rotatable bonds is 6. The van der Waals surface area contributed by atoms with Crippen LogP contribution in [0.25, 0.3) is 0 Å². The molecule has 0 aromatic heterocycles. The average Bonchev–Trinajstić information content (AvgIpc) is 2.38. The van der Waals surface area contributed by atoms with E-state index in [0.717, 1.165) is 32.8 Å². The molecule has 1 aliphatic heterocycles. The van der Waals surface area contributed by atoms with Crippen molar-refractivity contribution in [2.45, 2.75) is 37.8 Å². The highest BCUT2D eigenvalue weighted by Crippen LogP contribution is 2.27. The van der Waals surface area contributed by atoms with Crippen molar-refractivity contribution >= 4 is 0 Å². The lowest BCUT2D eigenvalue weighted by Crippen LogP contribution is -2.54. The van der Waals surface area contributed by atoms with Crippen LogP contribution in [-0.4, -0.2) is 75.4 Å². The molecule has 1 saturated carbocycles. The third-order valence-electron chi connectivity index (χ3n) is 4.16. The summed E-state index contributed by atoms with van der Waals surface area (Å²) in [7, 11) is 4.24. The molecule has 2 unspecified atom stereocenters. The first-order valence-electron chi connectivity index (χ1n) is 7.48. The summed E-state index contributed by atoms with van der Waals surface area (Å²) in [5.74, 6) is 0. The van der Waals surface area contributed by atoms with E-state index in [1.807, 2.05) is 0 Å². The largest absolute Gasteiger partial charge is 0.375 e. The van der Waals surface area contributed by atoms with E-state index < -0.39 is 0 Å². The summed E-state index contributed by atoms with van der Waals surface area (Å²) in [6, 6.07) is 0.697. The Morgan fingerprint density at radius 3 is 2.89 bits per heavy atom. The molecule has 1 N–H and O–H groups in total. The fourth-order valence-electron chi connectivity index (χ4n) is 3.10. The van der Waals surface area contributed by atoms with E-state index in [4.69, 9.17) is 4.74 Å². The Bertz CT molecular complexity index is 233. The van der Waals surface area contributed by atoms with E-state index in [-0.39, 0.29) is 0 Å². The molecule has 4 heteroatoms. The SMILES string of the molecule is CN(C)CCNCCN1CCOC2CCCCC21. The average molecular weight is 255 g/mol. The Morgan fingerprint density at radius 2 is 2.06 bits per heavy atom. The van der Waals surface area contributed by atoms with Crippen LogP contribution in [0.5, 0.6) is 0 Å². The molecular formula is C14H29N3O. The van der Waals surface area contributed by atoms with Crippen LogP contribution >= 0.6 is 0 Å². The highest BCUT2D eigenvalue weighted by Gasteiger charge is 2.33. The molecule has 2 atom stereocenters. The maximum absolute atomic E-state index is 5.90. The number of likely N-dealkylation sites (N-methyl/N-ethyl adjacent to an activating group) is 1. The summed E-state index contributed by atoms with van der Waals surface area (Å²) in [4.78, 5) is 4.87. The lowest BCUT2D eigenvalue weighted by atomic mass is 9.90. The topological polar surface area (TPSA) is 27.7 Å². The van der Waals surface area contributed by atoms with E-state index in [1.165, 1.54) is 32.2 Å². The number of ether oxygens (including phenoxy) is 1. The lowest BCUT2D eigenvalue weighted by Gasteiger charge is -2.43. The molecule has 1 saturated heterocycles. The fraction of sp³-hybridized carbons (Fsp3) is 1.00. The van der Waals surface area contributed by atoms with Gasteiger partial charge in [-0.3, -0.25) is 4.90 Å². The predicted molar refractivity (Wildman–Crippen MR) is 75.0 cm³/mol. The molecule has 2 aliphatic rings. The van der Waals surface area contributed by atoms with Gasteiger partial charge in [-0.05, 0) is 26.9 Å². The second-order valence-electron chi connectivity index (χ2n) is 5.85. The number of hydrogen-bond acceptors (Lipinski definition) is 4. The molecular weight excluding hydrogens is 226 g/mol. The number of hydrogen-bond donors (Lipinski definition) is 1. The van der Waals surface area contributed by atoms with Gasteiger partial charge in [-0.1, -0.05) is 12.8 Å². The van der Waals surface area contributed by atoms with Crippen molar-refractivity contribution in [3.05, 3.63) is 0 Å². The molecule has 1 aliphatic carbocycles. The highest BCUT2D eigenvalue weighted by molar-refractivity contribution is 4.87. The van der Waals surface area contributed by atoms with Crippen LogP contribution in [0, 0.1) is 0 Å². The third-order valence-corrected chi connectivity index (χ3v) is 4.16. The van der Waals surface area contributed by atoms with E-state index in [0.29, 0.717) is 12.1 Å². The fourth-order valence-corrected chi connectivity index (χ4v) is 3.10. The molecule has 0 spiro atoms. The molecule has 1 heterocycles. The Labute approximate surface area is 112 Å². The van der Waals surface area contributed by atoms with Gasteiger partial charge in [-0.15, -0.1) is 0 Å². The zero-order valence-corrected chi connectivity index (χ0v) is 12.0. The molecule has 4 nitrogen and oxygen atoms in total. The van der Waals surface area contributed by atoms with Gasteiger partial charge in [-0.2, -0.15) is 0 Å². The summed E-state index contributed by atoms with van der Waals surface area (Å²) < 4.78 is 5.90. The molecule has 0 amide bonds. The van der Waals surface area contributed by atoms with E-state index in [2.05, 4.69) is 29.2 Å². The van der Waals surface area contributed by atoms with Crippen molar-refractivity contribution < 1.29 is 4.74 Å². The summed E-state index contributed by atoms with van der Waals surface area (Å²) in [6.07, 6.45) is 5.87. The van der Waals surface area contributed by atoms with E-state index >= 15 is 0 Å². The smallest absolute Gasteiger partial charge is 0.0730 e. The van der Waals surface area contributed by atoms with Crippen molar-refractivity contribution in [1.29, 1.82) is 0 Å². The van der Waals surface area contributed by atoms with Crippen LogP contribution in [0.1, 0.15) is 25.7 Å². The van der Waals surface area contributed by atoms with Crippen molar-refractivity contribution in [3.8, 4) is 0 Å². The first kappa shape index (κ1) is 14.3. The Kier molecular flexibility index (Phi) is 5.89. The minimum absolute atomic E-state index is 0.522. The van der Waals surface area contributed by atoms with Gasteiger partial charge in [0.15, 0.2) is 0 Å². The summed E-state index contributed by atoms with van der Waals surface area (Å²) >= 11 is 0. The summed E-state index contributed by atoms with van der Waals surface area (Å²) in [5.41, 5.74) is 0. The Hall–Kier alpha value is -0.160. The van der Waals surface area contributed by atoms with Gasteiger partial charge >= 0.3 is 0 Å². The van der Waals surface area contributed by atoms with Gasteiger partial charge in [-0.25, -0.2) is 0 Å². The molecule has 2 rings (SSSR count). The number of nitrogens with one attached hydrogen (secondary N) is 1. The monoisotopic (exact) mass is 255 g/mol. The Morgan fingerprint density at radius 1 is 1.22 bits per heavy atom. The van der Waals surface area contributed by atoms with Crippen LogP contribution in [0.15, 0.2) is 0 Å². The molecule has 0 aromatic carbocycles. The zero-order valence-electron chi connectivity index (χ0n) is 12.0. The van der Waals surface area contributed by atoms with E-state index in [9.17, 15) is 0 Å². The zero-order chi connectivity index (χ0) is 12.8. The maximum Gasteiger partial charge on any atom is 0.0730 e. The van der Waals surface area contributed by atoms with Gasteiger partial charge in [0.2, 0.25) is 0 Å². The van der Waals surface area contributed by atoms with Crippen LogP contribution in [0.2, 0.25) is 0 Å². The van der Waals surface area contributed by atoms with Crippen molar-refractivity contribution in [3.63, 3.8) is 0 Å². The standard InChI is InChI=1S/C14H29N3O/c1-16(2)9-7-15-8-10-17-11-12-18-14-6-4-3-5-13(14)17/h13-15H,3-12H2,1-2H3. The van der Waals surface area contributed by atoms with Crippen LogP contribution in [-0.2, 0) is 4.74 Å². The molecule has 0 aromatic rings. The number of nitrogens with zero attached hydrogens (tertiary/aromatic N) is 2. The van der Waals surface area contributed by atoms with Crippen LogP contribution in [0.3, 0.4) is 0 Å². The van der Waals surface area contributed by atoms with E-state index in [1.54, 1.807) is 0 Å². The van der Waals surface area contributed by atoms with Gasteiger partial charge in [0.1, 0.15) is 0 Å². The normalized spacial score (nSPS) is 29.5. The Balaban J connectivity index is 1.65. The maximum atomic E-state index is 5.90.